The van der Waals surface area contributed by atoms with Gasteiger partial charge in [-0.15, -0.1) is 0 Å². The molecule has 0 aliphatic heterocycles. The molecule has 0 radical (unpaired) electrons. The zero-order valence-corrected chi connectivity index (χ0v) is 8.03. The van der Waals surface area contributed by atoms with Gasteiger partial charge in [0.2, 0.25) is 0 Å². The van der Waals surface area contributed by atoms with Crippen LogP contribution in [0.4, 0.5) is 0 Å². The van der Waals surface area contributed by atoms with Gasteiger partial charge in [-0.2, -0.15) is 5.26 Å². The molecule has 1 aromatic carbocycles. The Hall–Kier alpha value is -2.08. The zero-order valence-electron chi connectivity index (χ0n) is 8.03. The smallest absolute Gasteiger partial charge is 0.182 e. The number of nitriles is 1. The second kappa shape index (κ2) is 2.96. The fourth-order valence-corrected chi connectivity index (χ4v) is 2.15. The molecule has 0 spiro atoms. The summed E-state index contributed by atoms with van der Waals surface area (Å²) >= 11 is 0. The van der Waals surface area contributed by atoms with E-state index in [-0.39, 0.29) is 0 Å². The van der Waals surface area contributed by atoms with Crippen molar-refractivity contribution in [3.63, 3.8) is 0 Å². The lowest BCUT2D eigenvalue weighted by molar-refractivity contribution is 0.601. The molecule has 1 aromatic heterocycles. The molecule has 1 heterocycles. The van der Waals surface area contributed by atoms with Gasteiger partial charge in [0.1, 0.15) is 5.52 Å². The lowest BCUT2D eigenvalue weighted by atomic mass is 10.1. The number of rotatable bonds is 0. The summed E-state index contributed by atoms with van der Waals surface area (Å²) in [5, 5.41) is 8.70. The van der Waals surface area contributed by atoms with Crippen molar-refractivity contribution in [3.8, 4) is 6.07 Å². The fourth-order valence-electron chi connectivity index (χ4n) is 2.15. The van der Waals surface area contributed by atoms with E-state index in [0.29, 0.717) is 0 Å². The van der Waals surface area contributed by atoms with E-state index in [0.717, 1.165) is 35.1 Å². The monoisotopic (exact) mass is 196 g/mol. The highest BCUT2D eigenvalue weighted by Crippen LogP contribution is 2.37. The van der Waals surface area contributed by atoms with E-state index in [2.05, 4.69) is 17.1 Å². The molecule has 0 amide bonds. The van der Waals surface area contributed by atoms with E-state index in [1.807, 2.05) is 6.07 Å². The van der Waals surface area contributed by atoms with Crippen molar-refractivity contribution in [1.29, 1.82) is 5.26 Å². The maximum Gasteiger partial charge on any atom is 0.182 e. The number of oxazole rings is 1. The number of allylic oxidation sites excluding steroid dienone is 2. The Kier molecular flexibility index (Phi) is 1.63. The van der Waals surface area contributed by atoms with E-state index >= 15 is 0 Å². The summed E-state index contributed by atoms with van der Waals surface area (Å²) in [6.07, 6.45) is 4.96. The van der Waals surface area contributed by atoms with Gasteiger partial charge in [0.15, 0.2) is 12.0 Å². The number of fused-ring (bicyclic) bond motifs is 3. The van der Waals surface area contributed by atoms with Crippen molar-refractivity contribution in [2.75, 3.05) is 0 Å². The Balaban J connectivity index is 2.37. The maximum atomic E-state index is 8.70. The van der Waals surface area contributed by atoms with Crippen LogP contribution in [-0.2, 0) is 6.42 Å². The SMILES string of the molecule is N#CC=C1CCc2ccc3ncoc3c21. The number of aryl methyl sites for hydroxylation is 1. The molecular weight excluding hydrogens is 188 g/mol. The van der Waals surface area contributed by atoms with Crippen LogP contribution in [-0.4, -0.2) is 4.98 Å². The Bertz CT molecular complexity index is 602. The van der Waals surface area contributed by atoms with E-state index < -0.39 is 0 Å². The predicted molar refractivity (Wildman–Crippen MR) is 55.9 cm³/mol. The van der Waals surface area contributed by atoms with Crippen LogP contribution < -0.4 is 0 Å². The van der Waals surface area contributed by atoms with Crippen molar-refractivity contribution < 1.29 is 4.42 Å². The molecule has 0 saturated heterocycles. The van der Waals surface area contributed by atoms with Gasteiger partial charge in [-0.3, -0.25) is 0 Å². The molecule has 0 saturated carbocycles. The van der Waals surface area contributed by atoms with Crippen molar-refractivity contribution in [3.05, 3.63) is 35.7 Å². The molecule has 2 aromatic rings. The number of nitrogens with zero attached hydrogens (tertiary/aromatic N) is 2. The third-order valence-corrected chi connectivity index (χ3v) is 2.81. The summed E-state index contributed by atoms with van der Waals surface area (Å²) in [5.41, 5.74) is 5.06. The molecule has 3 rings (SSSR count). The first-order chi connectivity index (χ1) is 7.40. The second-order valence-corrected chi connectivity index (χ2v) is 3.60. The minimum Gasteiger partial charge on any atom is -0.443 e. The van der Waals surface area contributed by atoms with Gasteiger partial charge in [0, 0.05) is 11.6 Å². The van der Waals surface area contributed by atoms with E-state index in [1.165, 1.54) is 12.0 Å². The number of benzene rings is 1. The van der Waals surface area contributed by atoms with Crippen molar-refractivity contribution in [2.45, 2.75) is 12.8 Å². The van der Waals surface area contributed by atoms with Gasteiger partial charge in [-0.1, -0.05) is 6.07 Å². The first kappa shape index (κ1) is 8.25. The molecule has 0 bridgehead atoms. The van der Waals surface area contributed by atoms with Gasteiger partial charge < -0.3 is 4.42 Å². The van der Waals surface area contributed by atoms with Crippen LogP contribution >= 0.6 is 0 Å². The van der Waals surface area contributed by atoms with Crippen molar-refractivity contribution in [1.82, 2.24) is 4.98 Å². The molecule has 1 aliphatic rings. The highest BCUT2D eigenvalue weighted by atomic mass is 16.3. The van der Waals surface area contributed by atoms with Crippen LogP contribution in [0.25, 0.3) is 16.7 Å². The van der Waals surface area contributed by atoms with Gasteiger partial charge in [-0.25, -0.2) is 4.98 Å². The van der Waals surface area contributed by atoms with Gasteiger partial charge in [-0.05, 0) is 30.0 Å². The minimum atomic E-state index is 0.812. The maximum absolute atomic E-state index is 8.70. The van der Waals surface area contributed by atoms with Gasteiger partial charge in [0.05, 0.1) is 6.07 Å². The summed E-state index contributed by atoms with van der Waals surface area (Å²) < 4.78 is 5.38. The third-order valence-electron chi connectivity index (χ3n) is 2.81. The predicted octanol–water partition coefficient (Wildman–Crippen LogP) is 2.68. The number of hydrogen-bond acceptors (Lipinski definition) is 3. The van der Waals surface area contributed by atoms with Crippen molar-refractivity contribution >= 4 is 16.7 Å². The normalized spacial score (nSPS) is 16.9. The Morgan fingerprint density at radius 3 is 3.20 bits per heavy atom. The first-order valence-corrected chi connectivity index (χ1v) is 4.84. The average Bonchev–Trinajstić information content (AvgIpc) is 2.83. The lowest BCUT2D eigenvalue weighted by Crippen LogP contribution is -1.82. The van der Waals surface area contributed by atoms with Crippen LogP contribution in [0.15, 0.2) is 29.0 Å². The van der Waals surface area contributed by atoms with E-state index in [9.17, 15) is 0 Å². The molecule has 72 valence electrons. The third kappa shape index (κ3) is 1.08. The molecule has 3 heteroatoms. The molecule has 0 fully saturated rings. The summed E-state index contributed by atoms with van der Waals surface area (Å²) in [6, 6.07) is 6.12. The minimum absolute atomic E-state index is 0.812. The number of hydrogen-bond donors (Lipinski definition) is 0. The van der Waals surface area contributed by atoms with Crippen LogP contribution in [0.3, 0.4) is 0 Å². The van der Waals surface area contributed by atoms with Crippen LogP contribution in [0, 0.1) is 11.3 Å². The van der Waals surface area contributed by atoms with E-state index in [4.69, 9.17) is 9.68 Å². The summed E-state index contributed by atoms with van der Waals surface area (Å²) in [6.45, 7) is 0. The average molecular weight is 196 g/mol. The Morgan fingerprint density at radius 1 is 1.40 bits per heavy atom. The van der Waals surface area contributed by atoms with Gasteiger partial charge in [0.25, 0.3) is 0 Å². The fraction of sp³-hybridized carbons (Fsp3) is 0.167. The first-order valence-electron chi connectivity index (χ1n) is 4.84. The highest BCUT2D eigenvalue weighted by Gasteiger charge is 2.20. The van der Waals surface area contributed by atoms with Crippen LogP contribution in [0.2, 0.25) is 0 Å². The van der Waals surface area contributed by atoms with Gasteiger partial charge >= 0.3 is 0 Å². The zero-order chi connectivity index (χ0) is 10.3. The van der Waals surface area contributed by atoms with Crippen LogP contribution in [0.5, 0.6) is 0 Å². The van der Waals surface area contributed by atoms with E-state index in [1.54, 1.807) is 6.08 Å². The summed E-state index contributed by atoms with van der Waals surface area (Å²) in [7, 11) is 0. The molecule has 15 heavy (non-hydrogen) atoms. The second-order valence-electron chi connectivity index (χ2n) is 3.60. The quantitative estimate of drug-likeness (QED) is 0.608. The topological polar surface area (TPSA) is 49.8 Å². The molecule has 0 unspecified atom stereocenters. The molecule has 1 aliphatic carbocycles. The summed E-state index contributed by atoms with van der Waals surface area (Å²) in [4.78, 5) is 4.11. The lowest BCUT2D eigenvalue weighted by Gasteiger charge is -1.99. The Labute approximate surface area is 86.6 Å². The largest absolute Gasteiger partial charge is 0.443 e. The molecule has 0 N–H and O–H groups in total. The highest BCUT2D eigenvalue weighted by molar-refractivity contribution is 5.91. The molecule has 0 atom stereocenters. The number of aromatic nitrogens is 1. The molecule has 3 nitrogen and oxygen atoms in total. The van der Waals surface area contributed by atoms with Crippen molar-refractivity contribution in [2.24, 2.45) is 0 Å². The Morgan fingerprint density at radius 2 is 2.33 bits per heavy atom. The summed E-state index contributed by atoms with van der Waals surface area (Å²) in [5.74, 6) is 0. The molecular formula is C12H8N2O. The van der Waals surface area contributed by atoms with Crippen LogP contribution in [0.1, 0.15) is 17.5 Å². The standard InChI is InChI=1S/C12H8N2O/c13-6-5-9-2-1-8-3-4-10-12(11(8)9)15-7-14-10/h3-5,7H,1-2H2.